The van der Waals surface area contributed by atoms with Gasteiger partial charge in [0.2, 0.25) is 0 Å². The molecule has 2 rings (SSSR count). The Morgan fingerprint density at radius 3 is 2.28 bits per heavy atom. The highest BCUT2D eigenvalue weighted by atomic mass is 19.1. The number of benzene rings is 2. The number of ether oxygens (including phenoxy) is 1. The highest BCUT2D eigenvalue weighted by Crippen LogP contribution is 2.30. The molecule has 0 atom stereocenters. The van der Waals surface area contributed by atoms with E-state index in [1.54, 1.807) is 19.9 Å². The van der Waals surface area contributed by atoms with Gasteiger partial charge in [-0.3, -0.25) is 4.79 Å². The van der Waals surface area contributed by atoms with E-state index in [-0.39, 0.29) is 5.82 Å². The number of hydrogen-bond donors (Lipinski definition) is 0. The van der Waals surface area contributed by atoms with Gasteiger partial charge in [-0.25, -0.2) is 4.39 Å². The van der Waals surface area contributed by atoms with Gasteiger partial charge in [-0.1, -0.05) is 24.3 Å². The third-order valence-corrected chi connectivity index (χ3v) is 2.88. The molecule has 0 heterocycles. The van der Waals surface area contributed by atoms with Crippen LogP contribution in [0.2, 0.25) is 0 Å². The summed E-state index contributed by atoms with van der Waals surface area (Å²) in [5, 5.41) is 1.76. The summed E-state index contributed by atoms with van der Waals surface area (Å²) >= 11 is 0. The lowest BCUT2D eigenvalue weighted by Crippen LogP contribution is -2.25. The Hall–Kier alpha value is -1.90. The number of esters is 1. The summed E-state index contributed by atoms with van der Waals surface area (Å²) in [6.45, 7) is 4.68. The molecule has 0 amide bonds. The van der Waals surface area contributed by atoms with Gasteiger partial charge in [0.25, 0.3) is 0 Å². The van der Waals surface area contributed by atoms with Crippen LogP contribution in [0.3, 0.4) is 0 Å². The summed E-state index contributed by atoms with van der Waals surface area (Å²) in [6.07, 6.45) is 0. The maximum Gasteiger partial charge on any atom is 0.303 e. The van der Waals surface area contributed by atoms with Crippen molar-refractivity contribution in [2.24, 2.45) is 0 Å². The van der Waals surface area contributed by atoms with Crippen molar-refractivity contribution < 1.29 is 13.9 Å². The Kier molecular flexibility index (Phi) is 3.07. The molecule has 0 bridgehead atoms. The van der Waals surface area contributed by atoms with Crippen LogP contribution in [-0.4, -0.2) is 5.97 Å². The van der Waals surface area contributed by atoms with Gasteiger partial charge in [-0.2, -0.15) is 0 Å². The van der Waals surface area contributed by atoms with Gasteiger partial charge in [-0.15, -0.1) is 0 Å². The van der Waals surface area contributed by atoms with Crippen molar-refractivity contribution in [1.29, 1.82) is 0 Å². The molecule has 0 radical (unpaired) electrons. The van der Waals surface area contributed by atoms with Crippen molar-refractivity contribution in [3.05, 3.63) is 47.8 Å². The van der Waals surface area contributed by atoms with Gasteiger partial charge in [0.15, 0.2) is 0 Å². The average Bonchev–Trinajstić information content (AvgIpc) is 2.26. The molecule has 0 unspecified atom stereocenters. The summed E-state index contributed by atoms with van der Waals surface area (Å²) in [7, 11) is 0. The van der Waals surface area contributed by atoms with Crippen molar-refractivity contribution in [3.8, 4) is 0 Å². The van der Waals surface area contributed by atoms with E-state index in [9.17, 15) is 9.18 Å². The van der Waals surface area contributed by atoms with E-state index in [0.29, 0.717) is 5.56 Å². The Bertz CT molecular complexity index is 602. The second kappa shape index (κ2) is 4.41. The SMILES string of the molecule is CC(=O)OC(C)(C)c1cc2ccccc2cc1F. The topological polar surface area (TPSA) is 26.3 Å². The molecule has 0 aliphatic heterocycles. The van der Waals surface area contributed by atoms with Crippen LogP contribution in [0.15, 0.2) is 36.4 Å². The molecular weight excluding hydrogens is 231 g/mol. The van der Waals surface area contributed by atoms with Gasteiger partial charge >= 0.3 is 5.97 Å². The van der Waals surface area contributed by atoms with Gasteiger partial charge < -0.3 is 4.74 Å². The van der Waals surface area contributed by atoms with Gasteiger partial charge in [-0.05, 0) is 36.8 Å². The highest BCUT2D eigenvalue weighted by molar-refractivity contribution is 5.83. The number of fused-ring (bicyclic) bond motifs is 1. The smallest absolute Gasteiger partial charge is 0.303 e. The number of hydrogen-bond acceptors (Lipinski definition) is 2. The third-order valence-electron chi connectivity index (χ3n) is 2.88. The quantitative estimate of drug-likeness (QED) is 0.754. The summed E-state index contributed by atoms with van der Waals surface area (Å²) in [4.78, 5) is 11.1. The zero-order chi connectivity index (χ0) is 13.3. The number of rotatable bonds is 2. The van der Waals surface area contributed by atoms with Crippen LogP contribution in [0.5, 0.6) is 0 Å². The standard InChI is InChI=1S/C15H15FO2/c1-10(17)18-15(2,3)13-8-11-6-4-5-7-12(11)9-14(13)16/h4-9H,1-3H3. The van der Waals surface area contributed by atoms with Crippen LogP contribution >= 0.6 is 0 Å². The predicted molar refractivity (Wildman–Crippen MR) is 68.7 cm³/mol. The molecular formula is C15H15FO2. The lowest BCUT2D eigenvalue weighted by atomic mass is 9.94. The van der Waals surface area contributed by atoms with E-state index in [1.807, 2.05) is 24.3 Å². The second-order valence-corrected chi connectivity index (χ2v) is 4.78. The second-order valence-electron chi connectivity index (χ2n) is 4.78. The van der Waals surface area contributed by atoms with Crippen LogP contribution in [0.25, 0.3) is 10.8 Å². The van der Waals surface area contributed by atoms with E-state index in [1.165, 1.54) is 13.0 Å². The van der Waals surface area contributed by atoms with Crippen LogP contribution in [-0.2, 0) is 15.1 Å². The molecule has 0 aliphatic carbocycles. The molecule has 0 fully saturated rings. The van der Waals surface area contributed by atoms with Crippen molar-refractivity contribution in [1.82, 2.24) is 0 Å². The van der Waals surface area contributed by atoms with Gasteiger partial charge in [0.05, 0.1) is 0 Å². The van der Waals surface area contributed by atoms with E-state index < -0.39 is 11.6 Å². The molecule has 94 valence electrons. The first-order valence-electron chi connectivity index (χ1n) is 5.78. The molecule has 18 heavy (non-hydrogen) atoms. The normalized spacial score (nSPS) is 11.6. The lowest BCUT2D eigenvalue weighted by Gasteiger charge is -2.25. The molecule has 0 aromatic heterocycles. The Balaban J connectivity index is 2.56. The summed E-state index contributed by atoms with van der Waals surface area (Å²) in [6, 6.07) is 10.7. The minimum Gasteiger partial charge on any atom is -0.455 e. The minimum atomic E-state index is -0.972. The van der Waals surface area contributed by atoms with E-state index in [0.717, 1.165) is 10.8 Å². The fourth-order valence-corrected chi connectivity index (χ4v) is 2.09. The van der Waals surface area contributed by atoms with E-state index in [4.69, 9.17) is 4.74 Å². The van der Waals surface area contributed by atoms with Gasteiger partial charge in [0.1, 0.15) is 11.4 Å². The van der Waals surface area contributed by atoms with Crippen LogP contribution < -0.4 is 0 Å². The number of halogens is 1. The fraction of sp³-hybridized carbons (Fsp3) is 0.267. The molecule has 3 heteroatoms. The molecule has 2 nitrogen and oxygen atoms in total. The monoisotopic (exact) mass is 246 g/mol. The zero-order valence-corrected chi connectivity index (χ0v) is 10.7. The Labute approximate surface area is 105 Å². The minimum absolute atomic E-state index is 0.361. The van der Waals surface area contributed by atoms with E-state index in [2.05, 4.69) is 0 Å². The number of carbonyl (C=O) groups is 1. The molecule has 0 N–H and O–H groups in total. The van der Waals surface area contributed by atoms with Crippen molar-refractivity contribution in [2.45, 2.75) is 26.4 Å². The Morgan fingerprint density at radius 1 is 1.17 bits per heavy atom. The fourth-order valence-electron chi connectivity index (χ4n) is 2.09. The maximum atomic E-state index is 14.1. The first-order valence-corrected chi connectivity index (χ1v) is 5.78. The van der Waals surface area contributed by atoms with Crippen LogP contribution in [0.1, 0.15) is 26.3 Å². The lowest BCUT2D eigenvalue weighted by molar-refractivity contribution is -0.154. The van der Waals surface area contributed by atoms with Crippen molar-refractivity contribution in [3.63, 3.8) is 0 Å². The summed E-state index contributed by atoms with van der Waals surface area (Å²) in [5.74, 6) is -0.785. The van der Waals surface area contributed by atoms with Crippen molar-refractivity contribution >= 4 is 16.7 Å². The summed E-state index contributed by atoms with van der Waals surface area (Å²) in [5.41, 5.74) is -0.587. The van der Waals surface area contributed by atoms with Crippen LogP contribution in [0.4, 0.5) is 4.39 Å². The van der Waals surface area contributed by atoms with E-state index >= 15 is 0 Å². The summed E-state index contributed by atoms with van der Waals surface area (Å²) < 4.78 is 19.2. The molecule has 0 saturated carbocycles. The molecule has 0 aliphatic rings. The average molecular weight is 246 g/mol. The first-order chi connectivity index (χ1) is 8.40. The largest absolute Gasteiger partial charge is 0.455 e. The van der Waals surface area contributed by atoms with Crippen LogP contribution in [0, 0.1) is 5.82 Å². The number of carbonyl (C=O) groups excluding carboxylic acids is 1. The Morgan fingerprint density at radius 2 is 1.72 bits per heavy atom. The highest BCUT2D eigenvalue weighted by Gasteiger charge is 2.27. The van der Waals surface area contributed by atoms with Gasteiger partial charge in [0, 0.05) is 12.5 Å². The third kappa shape index (κ3) is 2.35. The maximum absolute atomic E-state index is 14.1. The first kappa shape index (κ1) is 12.6. The zero-order valence-electron chi connectivity index (χ0n) is 10.7. The van der Waals surface area contributed by atoms with Crippen molar-refractivity contribution in [2.75, 3.05) is 0 Å². The molecule has 0 spiro atoms. The predicted octanol–water partition coefficient (Wildman–Crippen LogP) is 3.78. The molecule has 2 aromatic carbocycles. The molecule has 2 aromatic rings. The molecule has 0 saturated heterocycles.